The van der Waals surface area contributed by atoms with Gasteiger partial charge in [0.25, 0.3) is 0 Å². The molecule has 1 aliphatic rings. The summed E-state index contributed by atoms with van der Waals surface area (Å²) < 4.78 is 10.4. The van der Waals surface area contributed by atoms with Crippen LogP contribution < -0.4 is 0 Å². The van der Waals surface area contributed by atoms with E-state index < -0.39 is 6.29 Å². The van der Waals surface area contributed by atoms with Crippen molar-refractivity contribution in [3.8, 4) is 0 Å². The minimum Gasteiger partial charge on any atom is -0.350 e. The summed E-state index contributed by atoms with van der Waals surface area (Å²) in [6.07, 6.45) is 12.0. The Morgan fingerprint density at radius 2 is 2.10 bits per heavy atom. The Morgan fingerprint density at radius 3 is 2.86 bits per heavy atom. The van der Waals surface area contributed by atoms with E-state index in [4.69, 9.17) is 9.47 Å². The van der Waals surface area contributed by atoms with E-state index in [1.165, 1.54) is 5.57 Å². The number of hydrogen-bond acceptors (Lipinski definition) is 5. The minimum atomic E-state index is -0.450. The van der Waals surface area contributed by atoms with Crippen molar-refractivity contribution in [2.24, 2.45) is 5.92 Å². The number of nitrogens with zero attached hydrogens (tertiary/aromatic N) is 2. The zero-order valence-electron chi connectivity index (χ0n) is 12.5. The molecule has 5 heteroatoms. The second kappa shape index (κ2) is 8.12. The molecule has 1 aromatic heterocycles. The van der Waals surface area contributed by atoms with Crippen LogP contribution in [0.15, 0.2) is 53.4 Å². The Balaban J connectivity index is 2.02. The molecular formula is C16H20N2O2S. The highest BCUT2D eigenvalue weighted by molar-refractivity contribution is 7.99. The van der Waals surface area contributed by atoms with E-state index in [0.717, 1.165) is 16.6 Å². The summed E-state index contributed by atoms with van der Waals surface area (Å²) in [6, 6.07) is 1.80. The van der Waals surface area contributed by atoms with Crippen molar-refractivity contribution in [1.29, 1.82) is 0 Å². The van der Waals surface area contributed by atoms with Crippen molar-refractivity contribution in [2.75, 3.05) is 20.0 Å². The number of rotatable bonds is 6. The highest BCUT2D eigenvalue weighted by Crippen LogP contribution is 2.22. The Labute approximate surface area is 130 Å². The van der Waals surface area contributed by atoms with Gasteiger partial charge in [0.1, 0.15) is 5.69 Å². The van der Waals surface area contributed by atoms with Crippen LogP contribution in [-0.4, -0.2) is 29.9 Å². The van der Waals surface area contributed by atoms with Gasteiger partial charge in [-0.05, 0) is 17.6 Å². The number of allylic oxidation sites excluding steroid dienone is 5. The Hall–Kier alpha value is -1.43. The molecule has 4 nitrogen and oxygen atoms in total. The van der Waals surface area contributed by atoms with Gasteiger partial charge in [-0.3, -0.25) is 0 Å². The minimum absolute atomic E-state index is 0.450. The summed E-state index contributed by atoms with van der Waals surface area (Å²) in [5.74, 6) is 1.30. The van der Waals surface area contributed by atoms with Gasteiger partial charge in [-0.2, -0.15) is 0 Å². The van der Waals surface area contributed by atoms with Gasteiger partial charge in [0.2, 0.25) is 6.29 Å². The maximum absolute atomic E-state index is 5.21. The van der Waals surface area contributed by atoms with Gasteiger partial charge in [0, 0.05) is 26.2 Å². The first-order valence-corrected chi connectivity index (χ1v) is 7.78. The molecule has 1 unspecified atom stereocenters. The molecule has 0 fully saturated rings. The molecule has 0 aliphatic heterocycles. The van der Waals surface area contributed by atoms with Gasteiger partial charge in [0.05, 0.1) is 0 Å². The molecule has 1 atom stereocenters. The number of ether oxygens (including phenoxy) is 2. The van der Waals surface area contributed by atoms with Crippen LogP contribution in [0.1, 0.15) is 18.9 Å². The molecule has 0 bridgehead atoms. The Bertz CT molecular complexity index is 551. The first-order valence-electron chi connectivity index (χ1n) is 6.80. The van der Waals surface area contributed by atoms with Crippen LogP contribution in [0.2, 0.25) is 0 Å². The molecule has 21 heavy (non-hydrogen) atoms. The zero-order valence-corrected chi connectivity index (χ0v) is 13.3. The normalized spacial score (nSPS) is 17.9. The van der Waals surface area contributed by atoms with Crippen LogP contribution in [0.3, 0.4) is 0 Å². The lowest BCUT2D eigenvalue weighted by Crippen LogP contribution is -2.07. The number of thioether (sulfide) groups is 1. The summed E-state index contributed by atoms with van der Waals surface area (Å²) in [6.45, 7) is 2.17. The maximum atomic E-state index is 5.21. The molecule has 1 aliphatic carbocycles. The lowest BCUT2D eigenvalue weighted by atomic mass is 10.1. The molecule has 0 N–H and O–H groups in total. The van der Waals surface area contributed by atoms with Gasteiger partial charge in [-0.1, -0.05) is 49.1 Å². The fourth-order valence-electron chi connectivity index (χ4n) is 2.00. The van der Waals surface area contributed by atoms with Crippen molar-refractivity contribution in [2.45, 2.75) is 18.4 Å². The van der Waals surface area contributed by atoms with Gasteiger partial charge in [-0.15, -0.1) is 0 Å². The first kappa shape index (κ1) is 15.9. The maximum Gasteiger partial charge on any atom is 0.200 e. The van der Waals surface area contributed by atoms with Crippen LogP contribution in [0.5, 0.6) is 0 Å². The summed E-state index contributed by atoms with van der Waals surface area (Å²) >= 11 is 1.61. The van der Waals surface area contributed by atoms with E-state index in [2.05, 4.69) is 47.3 Å². The van der Waals surface area contributed by atoms with Crippen molar-refractivity contribution < 1.29 is 9.47 Å². The number of hydrogen-bond donors (Lipinski definition) is 0. The summed E-state index contributed by atoms with van der Waals surface area (Å²) in [4.78, 5) is 8.77. The predicted octanol–water partition coefficient (Wildman–Crippen LogP) is 3.55. The van der Waals surface area contributed by atoms with E-state index in [1.54, 1.807) is 38.2 Å². The first-order chi connectivity index (χ1) is 10.2. The average Bonchev–Trinajstić information content (AvgIpc) is 2.71. The zero-order chi connectivity index (χ0) is 15.1. The lowest BCUT2D eigenvalue weighted by Gasteiger charge is -2.12. The van der Waals surface area contributed by atoms with E-state index in [1.807, 2.05) is 0 Å². The highest BCUT2D eigenvalue weighted by atomic mass is 32.2. The second-order valence-corrected chi connectivity index (χ2v) is 5.64. The fraction of sp³-hybridized carbons (Fsp3) is 0.375. The SMILES string of the molecule is COC(OC)c1ccnc(SCC2=CC(C)C=CC=C2)n1. The number of methoxy groups -OCH3 is 2. The Kier molecular flexibility index (Phi) is 6.17. The van der Waals surface area contributed by atoms with Gasteiger partial charge < -0.3 is 9.47 Å². The summed E-state index contributed by atoms with van der Waals surface area (Å²) in [5.41, 5.74) is 2.01. The van der Waals surface area contributed by atoms with E-state index in [-0.39, 0.29) is 0 Å². The van der Waals surface area contributed by atoms with Gasteiger partial charge in [-0.25, -0.2) is 9.97 Å². The van der Waals surface area contributed by atoms with Gasteiger partial charge in [0.15, 0.2) is 5.16 Å². The van der Waals surface area contributed by atoms with Crippen molar-refractivity contribution in [1.82, 2.24) is 9.97 Å². The fourth-order valence-corrected chi connectivity index (χ4v) is 2.80. The van der Waals surface area contributed by atoms with E-state index in [9.17, 15) is 0 Å². The van der Waals surface area contributed by atoms with Gasteiger partial charge >= 0.3 is 0 Å². The third-order valence-corrected chi connectivity index (χ3v) is 3.94. The standard InChI is InChI=1S/C16H20N2O2S/c1-12-6-4-5-7-13(10-12)11-21-16-17-9-8-14(18-16)15(19-2)20-3/h4-10,12,15H,11H2,1-3H3. The molecule has 112 valence electrons. The van der Waals surface area contributed by atoms with E-state index >= 15 is 0 Å². The predicted molar refractivity (Wildman–Crippen MR) is 85.0 cm³/mol. The van der Waals surface area contributed by atoms with Crippen molar-refractivity contribution in [3.05, 3.63) is 53.9 Å². The molecular weight excluding hydrogens is 284 g/mol. The third kappa shape index (κ3) is 4.81. The smallest absolute Gasteiger partial charge is 0.200 e. The second-order valence-electron chi connectivity index (χ2n) is 4.70. The summed E-state index contributed by atoms with van der Waals surface area (Å²) in [5, 5.41) is 0.728. The topological polar surface area (TPSA) is 44.2 Å². The Morgan fingerprint density at radius 1 is 1.29 bits per heavy atom. The van der Waals surface area contributed by atoms with Crippen molar-refractivity contribution >= 4 is 11.8 Å². The van der Waals surface area contributed by atoms with Crippen LogP contribution in [0.4, 0.5) is 0 Å². The molecule has 0 aromatic carbocycles. The molecule has 0 saturated heterocycles. The molecule has 0 amide bonds. The highest BCUT2D eigenvalue weighted by Gasteiger charge is 2.12. The van der Waals surface area contributed by atoms with Crippen LogP contribution in [-0.2, 0) is 9.47 Å². The molecule has 1 heterocycles. The van der Waals surface area contributed by atoms with Crippen LogP contribution in [0, 0.1) is 5.92 Å². The van der Waals surface area contributed by atoms with Crippen molar-refractivity contribution in [3.63, 3.8) is 0 Å². The van der Waals surface area contributed by atoms with Crippen LogP contribution >= 0.6 is 11.8 Å². The molecule has 1 aromatic rings. The van der Waals surface area contributed by atoms with E-state index in [0.29, 0.717) is 5.92 Å². The molecule has 0 saturated carbocycles. The molecule has 0 radical (unpaired) electrons. The molecule has 0 spiro atoms. The quantitative estimate of drug-likeness (QED) is 0.457. The monoisotopic (exact) mass is 304 g/mol. The third-order valence-electron chi connectivity index (χ3n) is 3.01. The average molecular weight is 304 g/mol. The number of aromatic nitrogens is 2. The lowest BCUT2D eigenvalue weighted by molar-refractivity contribution is -0.109. The largest absolute Gasteiger partial charge is 0.350 e. The molecule has 2 rings (SSSR count). The van der Waals surface area contributed by atoms with Crippen LogP contribution in [0.25, 0.3) is 0 Å². The summed E-state index contributed by atoms with van der Waals surface area (Å²) in [7, 11) is 3.19.